The third-order valence-electron chi connectivity index (χ3n) is 1.42. The maximum absolute atomic E-state index is 4.99. The number of aryl methyl sites for hydroxylation is 1. The SMILES string of the molecule is CC.C[B]c1cnc(C)c(OC)n1. The van der Waals surface area contributed by atoms with Crippen LogP contribution in [0.25, 0.3) is 0 Å². The molecule has 0 aliphatic heterocycles. The molecule has 1 aromatic heterocycles. The Morgan fingerprint density at radius 2 is 2.00 bits per heavy atom. The predicted octanol–water partition coefficient (Wildman–Crippen LogP) is 1.20. The number of methoxy groups -OCH3 is 1. The Labute approximate surface area is 80.8 Å². The molecule has 1 aromatic rings. The smallest absolute Gasteiger partial charge is 0.234 e. The third-order valence-corrected chi connectivity index (χ3v) is 1.42. The van der Waals surface area contributed by atoms with Gasteiger partial charge >= 0.3 is 0 Å². The summed E-state index contributed by atoms with van der Waals surface area (Å²) in [5.41, 5.74) is 1.66. The van der Waals surface area contributed by atoms with E-state index in [1.54, 1.807) is 13.3 Å². The van der Waals surface area contributed by atoms with Crippen LogP contribution in [-0.2, 0) is 0 Å². The van der Waals surface area contributed by atoms with E-state index >= 15 is 0 Å². The van der Waals surface area contributed by atoms with Crippen molar-refractivity contribution in [3.63, 3.8) is 0 Å². The highest BCUT2D eigenvalue weighted by Crippen LogP contribution is 2.05. The Balaban J connectivity index is 0.000000671. The summed E-state index contributed by atoms with van der Waals surface area (Å²) in [5, 5.41) is 0. The van der Waals surface area contributed by atoms with Gasteiger partial charge in [0.1, 0.15) is 0 Å². The molecule has 0 fully saturated rings. The maximum atomic E-state index is 4.99. The van der Waals surface area contributed by atoms with E-state index in [1.165, 1.54) is 0 Å². The summed E-state index contributed by atoms with van der Waals surface area (Å²) < 4.78 is 4.99. The standard InChI is InChI=1S/C7H10BN2O.C2H6/c1-5-7(11-3)10-6(8-2)4-9-5;1-2/h4H,1-3H3;1-2H3. The first-order valence-electron chi connectivity index (χ1n) is 4.45. The predicted molar refractivity (Wildman–Crippen MR) is 55.9 cm³/mol. The Morgan fingerprint density at radius 3 is 2.46 bits per heavy atom. The lowest BCUT2D eigenvalue weighted by Crippen LogP contribution is -2.17. The molecule has 13 heavy (non-hydrogen) atoms. The van der Waals surface area contributed by atoms with Crippen molar-refractivity contribution in [2.45, 2.75) is 27.6 Å². The fourth-order valence-corrected chi connectivity index (χ4v) is 0.778. The first-order valence-corrected chi connectivity index (χ1v) is 4.45. The van der Waals surface area contributed by atoms with Gasteiger partial charge in [-0.1, -0.05) is 20.7 Å². The molecule has 0 amide bonds. The first-order chi connectivity index (χ1) is 6.27. The average Bonchev–Trinajstić information content (AvgIpc) is 2.22. The molecule has 4 heteroatoms. The topological polar surface area (TPSA) is 35.0 Å². The zero-order valence-electron chi connectivity index (χ0n) is 8.96. The Kier molecular flexibility index (Phi) is 5.94. The van der Waals surface area contributed by atoms with E-state index in [0.29, 0.717) is 5.88 Å². The van der Waals surface area contributed by atoms with Crippen molar-refractivity contribution in [3.8, 4) is 5.88 Å². The molecule has 0 spiro atoms. The first kappa shape index (κ1) is 11.9. The number of ether oxygens (including phenoxy) is 1. The van der Waals surface area contributed by atoms with Crippen LogP contribution in [0.15, 0.2) is 6.20 Å². The van der Waals surface area contributed by atoms with Crippen molar-refractivity contribution < 1.29 is 4.74 Å². The number of hydrogen-bond acceptors (Lipinski definition) is 3. The fourth-order valence-electron chi connectivity index (χ4n) is 0.778. The quantitative estimate of drug-likeness (QED) is 0.639. The normalized spacial score (nSPS) is 8.38. The average molecular weight is 179 g/mol. The lowest BCUT2D eigenvalue weighted by molar-refractivity contribution is 0.393. The molecule has 1 rings (SSSR count). The van der Waals surface area contributed by atoms with E-state index in [9.17, 15) is 0 Å². The largest absolute Gasteiger partial charge is 0.480 e. The van der Waals surface area contributed by atoms with Crippen LogP contribution in [0.4, 0.5) is 0 Å². The second-order valence-electron chi connectivity index (χ2n) is 2.18. The van der Waals surface area contributed by atoms with E-state index in [-0.39, 0.29) is 0 Å². The fraction of sp³-hybridized carbons (Fsp3) is 0.556. The van der Waals surface area contributed by atoms with Crippen LogP contribution in [0.2, 0.25) is 6.82 Å². The minimum absolute atomic E-state index is 0.598. The van der Waals surface area contributed by atoms with Gasteiger partial charge in [0, 0.05) is 11.8 Å². The maximum Gasteiger partial charge on any atom is 0.234 e. The Morgan fingerprint density at radius 1 is 1.38 bits per heavy atom. The van der Waals surface area contributed by atoms with E-state index in [0.717, 1.165) is 11.3 Å². The highest BCUT2D eigenvalue weighted by atomic mass is 16.5. The molecular formula is C9H16BN2O. The van der Waals surface area contributed by atoms with Crippen molar-refractivity contribution in [2.24, 2.45) is 0 Å². The van der Waals surface area contributed by atoms with E-state index in [2.05, 4.69) is 9.97 Å². The van der Waals surface area contributed by atoms with E-state index in [4.69, 9.17) is 4.74 Å². The van der Waals surface area contributed by atoms with Crippen LogP contribution in [0.1, 0.15) is 19.5 Å². The summed E-state index contributed by atoms with van der Waals surface area (Å²) in [6.45, 7) is 7.78. The van der Waals surface area contributed by atoms with Gasteiger partial charge < -0.3 is 4.74 Å². The van der Waals surface area contributed by atoms with E-state index in [1.807, 2.05) is 34.9 Å². The molecule has 1 heterocycles. The van der Waals surface area contributed by atoms with E-state index < -0.39 is 0 Å². The molecule has 0 aromatic carbocycles. The highest BCUT2D eigenvalue weighted by Gasteiger charge is 2.01. The molecule has 0 atom stereocenters. The number of aromatic nitrogens is 2. The van der Waals surface area contributed by atoms with Gasteiger partial charge in [-0.15, -0.1) is 0 Å². The van der Waals surface area contributed by atoms with Gasteiger partial charge in [0.05, 0.1) is 12.8 Å². The molecular weight excluding hydrogens is 163 g/mol. The summed E-state index contributed by atoms with van der Waals surface area (Å²) in [6.07, 6.45) is 1.72. The van der Waals surface area contributed by atoms with Gasteiger partial charge in [0.15, 0.2) is 7.28 Å². The summed E-state index contributed by atoms with van der Waals surface area (Å²) in [6, 6.07) is 0. The van der Waals surface area contributed by atoms with Crippen molar-refractivity contribution in [3.05, 3.63) is 11.9 Å². The minimum Gasteiger partial charge on any atom is -0.480 e. The zero-order chi connectivity index (χ0) is 10.3. The van der Waals surface area contributed by atoms with Gasteiger partial charge in [-0.3, -0.25) is 4.98 Å². The molecule has 71 valence electrons. The van der Waals surface area contributed by atoms with Gasteiger partial charge in [-0.05, 0) is 6.92 Å². The molecule has 1 radical (unpaired) electrons. The van der Waals surface area contributed by atoms with Crippen LogP contribution in [0.3, 0.4) is 0 Å². The molecule has 0 bridgehead atoms. The second kappa shape index (κ2) is 6.46. The molecule has 0 saturated carbocycles. The van der Waals surface area contributed by atoms with Gasteiger partial charge in [0.25, 0.3) is 0 Å². The number of hydrogen-bond donors (Lipinski definition) is 0. The summed E-state index contributed by atoms with van der Waals surface area (Å²) >= 11 is 0. The summed E-state index contributed by atoms with van der Waals surface area (Å²) in [5.74, 6) is 0.598. The summed E-state index contributed by atoms with van der Waals surface area (Å²) in [7, 11) is 3.48. The Hall–Kier alpha value is -1.06. The molecule has 0 unspecified atom stereocenters. The van der Waals surface area contributed by atoms with Crippen LogP contribution in [-0.4, -0.2) is 24.4 Å². The molecule has 0 aliphatic rings. The van der Waals surface area contributed by atoms with Crippen molar-refractivity contribution in [2.75, 3.05) is 7.11 Å². The van der Waals surface area contributed by atoms with Crippen molar-refractivity contribution in [1.29, 1.82) is 0 Å². The molecule has 0 saturated heterocycles. The van der Waals surface area contributed by atoms with Crippen molar-refractivity contribution in [1.82, 2.24) is 9.97 Å². The van der Waals surface area contributed by atoms with Crippen LogP contribution in [0.5, 0.6) is 5.88 Å². The van der Waals surface area contributed by atoms with Gasteiger partial charge in [-0.2, -0.15) is 0 Å². The van der Waals surface area contributed by atoms with Gasteiger partial charge in [-0.25, -0.2) is 4.98 Å². The number of rotatable bonds is 2. The number of nitrogens with zero attached hydrogens (tertiary/aromatic N) is 2. The molecule has 0 aliphatic carbocycles. The molecule has 0 N–H and O–H groups in total. The monoisotopic (exact) mass is 179 g/mol. The highest BCUT2D eigenvalue weighted by molar-refractivity contribution is 6.50. The summed E-state index contributed by atoms with van der Waals surface area (Å²) in [4.78, 5) is 8.27. The Bertz CT molecular complexity index is 253. The minimum atomic E-state index is 0.598. The second-order valence-corrected chi connectivity index (χ2v) is 2.18. The van der Waals surface area contributed by atoms with Crippen LogP contribution in [0, 0.1) is 6.92 Å². The molecule has 3 nitrogen and oxygen atoms in total. The lowest BCUT2D eigenvalue weighted by Gasteiger charge is -2.02. The lowest BCUT2D eigenvalue weighted by atomic mass is 9.78. The third kappa shape index (κ3) is 3.44. The van der Waals surface area contributed by atoms with Crippen LogP contribution < -0.4 is 10.3 Å². The van der Waals surface area contributed by atoms with Crippen LogP contribution >= 0.6 is 0 Å². The zero-order valence-corrected chi connectivity index (χ0v) is 8.96. The van der Waals surface area contributed by atoms with Gasteiger partial charge in [0.2, 0.25) is 5.88 Å². The van der Waals surface area contributed by atoms with Crippen molar-refractivity contribution >= 4 is 12.9 Å².